The summed E-state index contributed by atoms with van der Waals surface area (Å²) in [5.41, 5.74) is 6.26. The van der Waals surface area contributed by atoms with Gasteiger partial charge in [-0.3, -0.25) is 5.10 Å². The quantitative estimate of drug-likeness (QED) is 0.364. The van der Waals surface area contributed by atoms with Crippen LogP contribution in [-0.2, 0) is 6.42 Å². The highest BCUT2D eigenvalue weighted by Crippen LogP contribution is 2.31. The number of benzene rings is 2. The highest BCUT2D eigenvalue weighted by molar-refractivity contribution is 5.94. The molecule has 2 aromatic carbocycles. The van der Waals surface area contributed by atoms with Crippen LogP contribution in [0.3, 0.4) is 0 Å². The first-order chi connectivity index (χ1) is 16.1. The minimum absolute atomic E-state index is 0. The van der Waals surface area contributed by atoms with E-state index in [0.29, 0.717) is 17.0 Å². The Morgan fingerprint density at radius 3 is 2.79 bits per heavy atom. The van der Waals surface area contributed by atoms with Gasteiger partial charge in [0.05, 0.1) is 17.4 Å². The predicted molar refractivity (Wildman–Crippen MR) is 127 cm³/mol. The second-order valence-electron chi connectivity index (χ2n) is 8.16. The monoisotopic (exact) mass is 479 g/mol. The number of hydrogen-bond donors (Lipinski definition) is 2. The summed E-state index contributed by atoms with van der Waals surface area (Å²) >= 11 is 0. The fourth-order valence-electron chi connectivity index (χ4n) is 4.39. The van der Waals surface area contributed by atoms with Crippen LogP contribution in [0.15, 0.2) is 54.7 Å². The van der Waals surface area contributed by atoms with Crippen LogP contribution in [0.25, 0.3) is 39.1 Å². The number of rotatable bonds is 3. The summed E-state index contributed by atoms with van der Waals surface area (Å²) in [6.45, 7) is 3.13. The number of aromatic nitrogens is 6. The average Bonchev–Trinajstić information content (AvgIpc) is 3.46. The molecule has 5 aromatic rings. The van der Waals surface area contributed by atoms with Crippen LogP contribution in [-0.4, -0.2) is 36.7 Å². The molecule has 1 unspecified atom stereocenters. The van der Waals surface area contributed by atoms with Crippen LogP contribution in [0.1, 0.15) is 24.1 Å². The largest absolute Gasteiger partial charge is 0.310 e. The number of fused-ring (bicyclic) bond motifs is 2. The molecule has 0 saturated heterocycles. The molecule has 2 N–H and O–H groups in total. The van der Waals surface area contributed by atoms with Crippen molar-refractivity contribution in [3.63, 3.8) is 0 Å². The van der Waals surface area contributed by atoms with E-state index < -0.39 is 11.9 Å². The maximum Gasteiger partial charge on any atom is 0.223 e. The van der Waals surface area contributed by atoms with Crippen molar-refractivity contribution in [2.24, 2.45) is 0 Å². The van der Waals surface area contributed by atoms with E-state index in [4.69, 9.17) is 0 Å². The Morgan fingerprint density at radius 2 is 1.94 bits per heavy atom. The molecule has 34 heavy (non-hydrogen) atoms. The molecule has 6 rings (SSSR count). The molecule has 0 spiro atoms. The minimum atomic E-state index is -0.860. The number of halogens is 3. The smallest absolute Gasteiger partial charge is 0.223 e. The van der Waals surface area contributed by atoms with Crippen molar-refractivity contribution in [1.29, 1.82) is 0 Å². The molecule has 4 heterocycles. The lowest BCUT2D eigenvalue weighted by Crippen LogP contribution is -2.27. The zero-order valence-corrected chi connectivity index (χ0v) is 18.9. The van der Waals surface area contributed by atoms with E-state index in [0.717, 1.165) is 35.6 Å². The van der Waals surface area contributed by atoms with Gasteiger partial charge in [-0.2, -0.15) is 18.9 Å². The third-order valence-electron chi connectivity index (χ3n) is 6.13. The Labute approximate surface area is 199 Å². The highest BCUT2D eigenvalue weighted by atomic mass is 35.5. The summed E-state index contributed by atoms with van der Waals surface area (Å²) in [4.78, 5) is 3.28. The molecule has 0 amide bonds. The Balaban J connectivity index is 0.00000241. The van der Waals surface area contributed by atoms with Gasteiger partial charge in [0.15, 0.2) is 0 Å². The molecule has 172 valence electrons. The molecular formula is C24H20ClF2N7. The maximum absolute atomic E-state index is 14.2. The van der Waals surface area contributed by atoms with Crippen molar-refractivity contribution in [3.05, 3.63) is 77.8 Å². The van der Waals surface area contributed by atoms with Gasteiger partial charge in [0.2, 0.25) is 11.9 Å². The Kier molecular flexibility index (Phi) is 5.59. The van der Waals surface area contributed by atoms with Gasteiger partial charge in [-0.05, 0) is 73.0 Å². The van der Waals surface area contributed by atoms with Gasteiger partial charge in [-0.25, -0.2) is 4.68 Å². The van der Waals surface area contributed by atoms with Crippen molar-refractivity contribution in [1.82, 2.24) is 35.5 Å². The van der Waals surface area contributed by atoms with Crippen LogP contribution in [0.4, 0.5) is 8.78 Å². The lowest BCUT2D eigenvalue weighted by atomic mass is 9.95. The van der Waals surface area contributed by atoms with E-state index in [-0.39, 0.29) is 24.0 Å². The van der Waals surface area contributed by atoms with Crippen molar-refractivity contribution in [2.45, 2.75) is 19.4 Å². The first kappa shape index (κ1) is 22.1. The second-order valence-corrected chi connectivity index (χ2v) is 8.16. The summed E-state index contributed by atoms with van der Waals surface area (Å²) in [6.07, 6.45) is 2.83. The van der Waals surface area contributed by atoms with Gasteiger partial charge in [0.1, 0.15) is 11.4 Å². The molecule has 1 aliphatic heterocycles. The van der Waals surface area contributed by atoms with Crippen molar-refractivity contribution >= 4 is 23.3 Å². The molecule has 7 nitrogen and oxygen atoms in total. The third-order valence-corrected chi connectivity index (χ3v) is 6.13. The van der Waals surface area contributed by atoms with E-state index in [1.54, 1.807) is 22.9 Å². The molecule has 0 saturated carbocycles. The van der Waals surface area contributed by atoms with Crippen molar-refractivity contribution in [3.8, 4) is 28.2 Å². The van der Waals surface area contributed by atoms with Crippen LogP contribution in [0.5, 0.6) is 0 Å². The van der Waals surface area contributed by atoms with Gasteiger partial charge >= 0.3 is 0 Å². The summed E-state index contributed by atoms with van der Waals surface area (Å²) in [6, 6.07) is 14.4. The van der Waals surface area contributed by atoms with Gasteiger partial charge in [0, 0.05) is 17.0 Å². The molecule has 1 aliphatic rings. The second kappa shape index (κ2) is 8.58. The Hall–Kier alpha value is -3.69. The lowest BCUT2D eigenvalue weighted by Gasteiger charge is -2.24. The summed E-state index contributed by atoms with van der Waals surface area (Å²) < 4.78 is 29.2. The van der Waals surface area contributed by atoms with Crippen molar-refractivity contribution in [2.75, 3.05) is 6.54 Å². The maximum atomic E-state index is 14.2. The molecule has 1 atom stereocenters. The number of hydrogen-bond acceptors (Lipinski definition) is 5. The summed E-state index contributed by atoms with van der Waals surface area (Å²) in [5, 5.41) is 20.3. The number of nitrogens with zero attached hydrogens (tertiary/aromatic N) is 5. The lowest BCUT2D eigenvalue weighted by molar-refractivity contribution is 0.515. The molecule has 0 radical (unpaired) electrons. The molecule has 3 aromatic heterocycles. The van der Waals surface area contributed by atoms with Gasteiger partial charge in [0.25, 0.3) is 0 Å². The Bertz CT molecular complexity index is 1510. The van der Waals surface area contributed by atoms with E-state index in [9.17, 15) is 8.78 Å². The normalized spacial score (nSPS) is 15.2. The number of aromatic amines is 1. The van der Waals surface area contributed by atoms with E-state index in [2.05, 4.69) is 49.9 Å². The molecule has 10 heteroatoms. The van der Waals surface area contributed by atoms with E-state index in [1.165, 1.54) is 17.2 Å². The topological polar surface area (TPSA) is 84.3 Å². The van der Waals surface area contributed by atoms with Gasteiger partial charge in [-0.15, -0.1) is 17.5 Å². The van der Waals surface area contributed by atoms with E-state index in [1.807, 2.05) is 12.3 Å². The van der Waals surface area contributed by atoms with Gasteiger partial charge in [-0.1, -0.05) is 17.3 Å². The number of nitrogens with one attached hydrogen (secondary N) is 2. The van der Waals surface area contributed by atoms with Crippen molar-refractivity contribution < 1.29 is 8.78 Å². The summed E-state index contributed by atoms with van der Waals surface area (Å²) in [7, 11) is 0. The predicted octanol–water partition coefficient (Wildman–Crippen LogP) is 4.78. The first-order valence-electron chi connectivity index (χ1n) is 10.7. The van der Waals surface area contributed by atoms with Crippen LogP contribution in [0.2, 0.25) is 0 Å². The third kappa shape index (κ3) is 3.72. The first-order valence-corrected chi connectivity index (χ1v) is 10.7. The minimum Gasteiger partial charge on any atom is -0.310 e. The fraction of sp³-hybridized carbons (Fsp3) is 0.167. The highest BCUT2D eigenvalue weighted by Gasteiger charge is 2.18. The number of pyridine rings is 1. The van der Waals surface area contributed by atoms with Crippen LogP contribution >= 0.6 is 12.4 Å². The molecule has 0 bridgehead atoms. The standard InChI is InChI=1S/C24H19F2N7.ClH/c1-13-18-11-16(4-2-14(18)8-9-27-13)33-12-21(30-32-33)23-19-10-15(3-6-20(19)29-31-23)17-5-7-22(25)28-24(17)26;/h2-7,10-13,27H,8-9H2,1H3,(H,29,31);1H. The zero-order chi connectivity index (χ0) is 22.5. The molecular weight excluding hydrogens is 460 g/mol. The number of H-pyrrole nitrogens is 1. The van der Waals surface area contributed by atoms with Crippen LogP contribution < -0.4 is 5.32 Å². The van der Waals surface area contributed by atoms with Gasteiger partial charge < -0.3 is 5.32 Å². The summed E-state index contributed by atoms with van der Waals surface area (Å²) in [5.74, 6) is -1.72. The zero-order valence-electron chi connectivity index (χ0n) is 18.1. The Morgan fingerprint density at radius 1 is 1.06 bits per heavy atom. The SMILES string of the molecule is CC1NCCc2ccc(-n3cc(-c4n[nH]c5ccc(-c6ccc(F)nc6F)cc45)nn3)cc21.Cl. The van der Waals surface area contributed by atoms with Crippen LogP contribution in [0, 0.1) is 11.9 Å². The molecule has 0 aliphatic carbocycles. The van der Waals surface area contributed by atoms with E-state index >= 15 is 0 Å². The molecule has 0 fully saturated rings. The average molecular weight is 480 g/mol. The fourth-order valence-corrected chi connectivity index (χ4v) is 4.39.